The molecule has 9 heteroatoms. The highest BCUT2D eigenvalue weighted by Crippen LogP contribution is 2.29. The number of nitrogens with zero attached hydrogens (tertiary/aromatic N) is 1. The predicted molar refractivity (Wildman–Crippen MR) is 83.4 cm³/mol. The van der Waals surface area contributed by atoms with Gasteiger partial charge in [0.15, 0.2) is 0 Å². The minimum absolute atomic E-state index is 0.0249. The third-order valence-electron chi connectivity index (χ3n) is 2.70. The zero-order valence-corrected chi connectivity index (χ0v) is 13.9. The molecule has 0 fully saturated rings. The smallest absolute Gasteiger partial charge is 0.242 e. The number of hydrogen-bond acceptors (Lipinski definition) is 5. The summed E-state index contributed by atoms with van der Waals surface area (Å²) in [4.78, 5) is 3.93. The van der Waals surface area contributed by atoms with Crippen LogP contribution in [0.3, 0.4) is 0 Å². The Morgan fingerprint density at radius 1 is 1.33 bits per heavy atom. The van der Waals surface area contributed by atoms with Crippen LogP contribution in [0.2, 0.25) is 10.0 Å². The molecule has 0 amide bonds. The van der Waals surface area contributed by atoms with Gasteiger partial charge in [-0.05, 0) is 17.7 Å². The lowest BCUT2D eigenvalue weighted by atomic mass is 10.2. The van der Waals surface area contributed by atoms with Crippen molar-refractivity contribution in [2.75, 3.05) is 6.54 Å². The van der Waals surface area contributed by atoms with Crippen LogP contribution in [0.1, 0.15) is 11.3 Å². The van der Waals surface area contributed by atoms with E-state index in [1.165, 1.54) is 23.5 Å². The number of nitrogens with one attached hydrogen (secondary N) is 1. The molecule has 0 bridgehead atoms. The van der Waals surface area contributed by atoms with Gasteiger partial charge in [-0.3, -0.25) is 0 Å². The van der Waals surface area contributed by atoms with Crippen molar-refractivity contribution >= 4 is 44.6 Å². The molecule has 5 nitrogen and oxygen atoms in total. The maximum absolute atomic E-state index is 12.2. The summed E-state index contributed by atoms with van der Waals surface area (Å²) in [6, 6.07) is 2.69. The van der Waals surface area contributed by atoms with Gasteiger partial charge in [0.2, 0.25) is 10.0 Å². The molecule has 2 aromatic rings. The van der Waals surface area contributed by atoms with Crippen molar-refractivity contribution in [1.82, 2.24) is 9.71 Å². The van der Waals surface area contributed by atoms with E-state index in [1.807, 2.05) is 5.38 Å². The van der Waals surface area contributed by atoms with E-state index in [1.54, 1.807) is 5.51 Å². The summed E-state index contributed by atoms with van der Waals surface area (Å²) in [6.45, 7) is -0.190. The fraction of sp³-hybridized carbons (Fsp3) is 0.250. The molecule has 114 valence electrons. The molecule has 0 aliphatic carbocycles. The van der Waals surface area contributed by atoms with Crippen LogP contribution in [0.25, 0.3) is 0 Å². The summed E-state index contributed by atoms with van der Waals surface area (Å²) < 4.78 is 26.9. The van der Waals surface area contributed by atoms with Crippen molar-refractivity contribution in [1.29, 1.82) is 0 Å². The standard InChI is InChI=1S/C12H12Cl2N2O3S2/c13-9-3-8(5-17)12(14)11(4-9)21(18,19)16-2-1-10-6-20-7-15-10/h3-4,6-7,16-17H,1-2,5H2. The Morgan fingerprint density at radius 2 is 2.10 bits per heavy atom. The molecule has 1 heterocycles. The summed E-state index contributed by atoms with van der Waals surface area (Å²) in [5, 5.41) is 11.2. The van der Waals surface area contributed by atoms with Gasteiger partial charge in [0, 0.05) is 23.4 Å². The molecule has 0 saturated heterocycles. The first-order valence-corrected chi connectivity index (χ1v) is 9.07. The van der Waals surface area contributed by atoms with Gasteiger partial charge in [0.05, 0.1) is 22.8 Å². The van der Waals surface area contributed by atoms with Gasteiger partial charge in [0.25, 0.3) is 0 Å². The number of aliphatic hydroxyl groups excluding tert-OH is 1. The first-order valence-electron chi connectivity index (χ1n) is 5.89. The Bertz CT molecular complexity index is 718. The topological polar surface area (TPSA) is 79.3 Å². The highest BCUT2D eigenvalue weighted by Gasteiger charge is 2.20. The number of aromatic nitrogens is 1. The van der Waals surface area contributed by atoms with E-state index < -0.39 is 10.0 Å². The molecule has 1 aromatic heterocycles. The first kappa shape index (κ1) is 16.7. The third-order valence-corrected chi connectivity index (χ3v) is 5.59. The maximum atomic E-state index is 12.2. The predicted octanol–water partition coefficient (Wildman–Crippen LogP) is 2.46. The van der Waals surface area contributed by atoms with E-state index in [0.717, 1.165) is 5.69 Å². The number of hydrogen-bond donors (Lipinski definition) is 2. The molecule has 0 saturated carbocycles. The van der Waals surface area contributed by atoms with E-state index in [2.05, 4.69) is 9.71 Å². The van der Waals surface area contributed by atoms with E-state index >= 15 is 0 Å². The van der Waals surface area contributed by atoms with Crippen LogP contribution in [-0.4, -0.2) is 25.1 Å². The lowest BCUT2D eigenvalue weighted by Gasteiger charge is -2.11. The zero-order chi connectivity index (χ0) is 15.5. The summed E-state index contributed by atoms with van der Waals surface area (Å²) in [7, 11) is -3.80. The van der Waals surface area contributed by atoms with Gasteiger partial charge in [-0.1, -0.05) is 23.2 Å². The van der Waals surface area contributed by atoms with Gasteiger partial charge < -0.3 is 5.11 Å². The Kier molecular flexibility index (Phi) is 5.59. The van der Waals surface area contributed by atoms with Crippen LogP contribution in [0, 0.1) is 0 Å². The molecule has 0 radical (unpaired) electrons. The molecule has 1 aromatic carbocycles. The number of halogens is 2. The Balaban J connectivity index is 2.17. The Labute approximate surface area is 136 Å². The average molecular weight is 367 g/mol. The number of sulfonamides is 1. The summed E-state index contributed by atoms with van der Waals surface area (Å²) >= 11 is 13.3. The fourth-order valence-corrected chi connectivity index (χ4v) is 4.23. The second-order valence-electron chi connectivity index (χ2n) is 4.16. The Morgan fingerprint density at radius 3 is 2.71 bits per heavy atom. The van der Waals surface area contributed by atoms with Crippen LogP contribution in [0.5, 0.6) is 0 Å². The molecular formula is C12H12Cl2N2O3S2. The molecule has 0 unspecified atom stereocenters. The summed E-state index contributed by atoms with van der Waals surface area (Å²) in [6.07, 6.45) is 0.480. The zero-order valence-electron chi connectivity index (χ0n) is 10.7. The van der Waals surface area contributed by atoms with Crippen molar-refractivity contribution in [2.24, 2.45) is 0 Å². The number of aliphatic hydroxyl groups is 1. The Hall–Kier alpha value is -0.700. The minimum Gasteiger partial charge on any atom is -0.392 e. The second-order valence-corrected chi connectivity index (χ2v) is 7.43. The molecule has 0 aliphatic rings. The lowest BCUT2D eigenvalue weighted by molar-refractivity contribution is 0.281. The van der Waals surface area contributed by atoms with Gasteiger partial charge in [0.1, 0.15) is 4.90 Å². The van der Waals surface area contributed by atoms with Crippen molar-refractivity contribution in [3.05, 3.63) is 44.3 Å². The first-order chi connectivity index (χ1) is 9.94. The van der Waals surface area contributed by atoms with E-state index in [9.17, 15) is 8.42 Å². The monoisotopic (exact) mass is 366 g/mol. The molecule has 2 rings (SSSR count). The van der Waals surface area contributed by atoms with Crippen molar-refractivity contribution in [3.63, 3.8) is 0 Å². The van der Waals surface area contributed by atoms with Crippen LogP contribution in [0.4, 0.5) is 0 Å². The van der Waals surface area contributed by atoms with Gasteiger partial charge in [-0.15, -0.1) is 11.3 Å². The summed E-state index contributed by atoms with van der Waals surface area (Å²) in [5.74, 6) is 0. The largest absolute Gasteiger partial charge is 0.392 e. The van der Waals surface area contributed by atoms with E-state index in [-0.39, 0.29) is 33.7 Å². The minimum atomic E-state index is -3.80. The third kappa shape index (κ3) is 4.15. The fourth-order valence-electron chi connectivity index (χ4n) is 1.68. The average Bonchev–Trinajstić information content (AvgIpc) is 2.93. The molecule has 0 aliphatic heterocycles. The molecular weight excluding hydrogens is 355 g/mol. The van der Waals surface area contributed by atoms with Crippen LogP contribution >= 0.6 is 34.5 Å². The van der Waals surface area contributed by atoms with Crippen LogP contribution < -0.4 is 4.72 Å². The lowest BCUT2D eigenvalue weighted by Crippen LogP contribution is -2.26. The van der Waals surface area contributed by atoms with Gasteiger partial charge in [-0.2, -0.15) is 0 Å². The number of thiazole rings is 1. The SMILES string of the molecule is O=S(=O)(NCCc1cscn1)c1cc(Cl)cc(CO)c1Cl. The van der Waals surface area contributed by atoms with Gasteiger partial charge in [-0.25, -0.2) is 18.1 Å². The maximum Gasteiger partial charge on any atom is 0.242 e. The summed E-state index contributed by atoms with van der Waals surface area (Å²) in [5.41, 5.74) is 2.77. The molecule has 21 heavy (non-hydrogen) atoms. The quantitative estimate of drug-likeness (QED) is 0.822. The van der Waals surface area contributed by atoms with Crippen LogP contribution in [0.15, 0.2) is 27.9 Å². The van der Waals surface area contributed by atoms with Crippen molar-refractivity contribution in [2.45, 2.75) is 17.9 Å². The van der Waals surface area contributed by atoms with Gasteiger partial charge >= 0.3 is 0 Å². The molecule has 2 N–H and O–H groups in total. The van der Waals surface area contributed by atoms with Crippen molar-refractivity contribution in [3.8, 4) is 0 Å². The molecule has 0 spiro atoms. The normalized spacial score (nSPS) is 11.8. The number of benzene rings is 1. The van der Waals surface area contributed by atoms with Crippen LogP contribution in [-0.2, 0) is 23.1 Å². The highest BCUT2D eigenvalue weighted by molar-refractivity contribution is 7.89. The van der Waals surface area contributed by atoms with E-state index in [0.29, 0.717) is 6.42 Å². The highest BCUT2D eigenvalue weighted by atomic mass is 35.5. The number of rotatable bonds is 6. The second kappa shape index (κ2) is 7.04. The van der Waals surface area contributed by atoms with E-state index in [4.69, 9.17) is 28.3 Å². The van der Waals surface area contributed by atoms with Crippen molar-refractivity contribution < 1.29 is 13.5 Å². The molecule has 0 atom stereocenters.